The Bertz CT molecular complexity index is 667. The van der Waals surface area contributed by atoms with Gasteiger partial charge in [-0.3, -0.25) is 4.79 Å². The average Bonchev–Trinajstić information content (AvgIpc) is 2.67. The SMILES string of the molecule is COC(Cc1ccccc1[C@@H](O)[C@@H](CO)C(=O)c1ccccc1)OC. The van der Waals surface area contributed by atoms with Crippen LogP contribution in [-0.2, 0) is 15.9 Å². The summed E-state index contributed by atoms with van der Waals surface area (Å²) in [5.74, 6) is -1.23. The van der Waals surface area contributed by atoms with Gasteiger partial charge in [0.1, 0.15) is 0 Å². The monoisotopic (exact) mass is 344 g/mol. The standard InChI is InChI=1S/C20H24O5/c1-24-18(25-2)12-15-10-6-7-11-16(15)20(23)17(13-21)19(22)14-8-4-3-5-9-14/h3-11,17-18,20-21,23H,12-13H2,1-2H3/t17-,20+/m0/s1. The second-order valence-electron chi connectivity index (χ2n) is 5.77. The molecule has 2 aromatic rings. The molecule has 0 amide bonds. The molecule has 0 spiro atoms. The molecule has 0 unspecified atom stereocenters. The Morgan fingerprint density at radius 3 is 2.20 bits per heavy atom. The topological polar surface area (TPSA) is 76.0 Å². The lowest BCUT2D eigenvalue weighted by Crippen LogP contribution is -2.27. The second-order valence-corrected chi connectivity index (χ2v) is 5.77. The van der Waals surface area contributed by atoms with Crippen molar-refractivity contribution >= 4 is 5.78 Å². The molecule has 0 aromatic heterocycles. The molecular formula is C20H24O5. The zero-order valence-electron chi connectivity index (χ0n) is 14.5. The van der Waals surface area contributed by atoms with E-state index in [9.17, 15) is 15.0 Å². The van der Waals surface area contributed by atoms with Gasteiger partial charge in [0.15, 0.2) is 12.1 Å². The van der Waals surface area contributed by atoms with E-state index in [0.717, 1.165) is 5.56 Å². The second kappa shape index (κ2) is 9.44. The lowest BCUT2D eigenvalue weighted by atomic mass is 9.86. The highest BCUT2D eigenvalue weighted by Gasteiger charge is 2.30. The van der Waals surface area contributed by atoms with E-state index in [-0.39, 0.29) is 5.78 Å². The molecule has 0 bridgehead atoms. The van der Waals surface area contributed by atoms with E-state index in [4.69, 9.17) is 9.47 Å². The fraction of sp³-hybridized carbons (Fsp3) is 0.350. The maximum Gasteiger partial charge on any atom is 0.171 e. The molecule has 0 aliphatic rings. The Balaban J connectivity index is 2.28. The number of methoxy groups -OCH3 is 2. The minimum atomic E-state index is -1.12. The summed E-state index contributed by atoms with van der Waals surface area (Å²) in [7, 11) is 3.09. The van der Waals surface area contributed by atoms with Gasteiger partial charge in [0.25, 0.3) is 0 Å². The van der Waals surface area contributed by atoms with Crippen molar-refractivity contribution < 1.29 is 24.5 Å². The molecule has 2 atom stereocenters. The number of aliphatic hydroxyl groups excluding tert-OH is 2. The molecule has 2 rings (SSSR count). The van der Waals surface area contributed by atoms with Gasteiger partial charge in [-0.05, 0) is 11.1 Å². The first-order valence-corrected chi connectivity index (χ1v) is 8.14. The summed E-state index contributed by atoms with van der Waals surface area (Å²) in [4.78, 5) is 12.7. The van der Waals surface area contributed by atoms with Crippen LogP contribution in [0.25, 0.3) is 0 Å². The summed E-state index contributed by atoms with van der Waals surface area (Å²) in [6.45, 7) is -0.443. The Hall–Kier alpha value is -2.05. The van der Waals surface area contributed by atoms with Crippen molar-refractivity contribution in [1.82, 2.24) is 0 Å². The minimum Gasteiger partial charge on any atom is -0.395 e. The molecule has 2 N–H and O–H groups in total. The predicted molar refractivity (Wildman–Crippen MR) is 94.3 cm³/mol. The number of carbonyl (C=O) groups excluding carboxylic acids is 1. The highest BCUT2D eigenvalue weighted by atomic mass is 16.7. The quantitative estimate of drug-likeness (QED) is 0.539. The largest absolute Gasteiger partial charge is 0.395 e. The number of ether oxygens (including phenoxy) is 2. The lowest BCUT2D eigenvalue weighted by molar-refractivity contribution is -0.101. The molecule has 0 heterocycles. The highest BCUT2D eigenvalue weighted by Crippen LogP contribution is 2.28. The maximum absolute atomic E-state index is 12.7. The highest BCUT2D eigenvalue weighted by molar-refractivity contribution is 5.98. The third-order valence-corrected chi connectivity index (χ3v) is 4.26. The number of benzene rings is 2. The van der Waals surface area contributed by atoms with Crippen molar-refractivity contribution in [1.29, 1.82) is 0 Å². The summed E-state index contributed by atoms with van der Waals surface area (Å²) < 4.78 is 10.4. The van der Waals surface area contributed by atoms with E-state index in [1.807, 2.05) is 18.2 Å². The molecule has 5 nitrogen and oxygen atoms in total. The van der Waals surface area contributed by atoms with Crippen LogP contribution in [0.2, 0.25) is 0 Å². The molecule has 0 radical (unpaired) electrons. The number of hydrogen-bond acceptors (Lipinski definition) is 5. The van der Waals surface area contributed by atoms with E-state index in [2.05, 4.69) is 0 Å². The summed E-state index contributed by atoms with van der Waals surface area (Å²) in [6, 6.07) is 15.9. The number of hydrogen-bond donors (Lipinski definition) is 2. The average molecular weight is 344 g/mol. The van der Waals surface area contributed by atoms with Gasteiger partial charge in [-0.2, -0.15) is 0 Å². The van der Waals surface area contributed by atoms with Crippen molar-refractivity contribution in [3.8, 4) is 0 Å². The third kappa shape index (κ3) is 4.74. The first-order valence-electron chi connectivity index (χ1n) is 8.14. The Morgan fingerprint density at radius 1 is 1.00 bits per heavy atom. The molecule has 5 heteroatoms. The Labute approximate surface area is 147 Å². The van der Waals surface area contributed by atoms with Crippen LogP contribution in [0.15, 0.2) is 54.6 Å². The van der Waals surface area contributed by atoms with E-state index in [0.29, 0.717) is 17.5 Å². The summed E-state index contributed by atoms with van der Waals surface area (Å²) >= 11 is 0. The van der Waals surface area contributed by atoms with Crippen molar-refractivity contribution in [3.63, 3.8) is 0 Å². The zero-order valence-corrected chi connectivity index (χ0v) is 14.5. The normalized spacial score (nSPS) is 13.6. The molecule has 25 heavy (non-hydrogen) atoms. The van der Waals surface area contributed by atoms with Gasteiger partial charge in [-0.25, -0.2) is 0 Å². The van der Waals surface area contributed by atoms with Crippen LogP contribution in [0.4, 0.5) is 0 Å². The Morgan fingerprint density at radius 2 is 1.60 bits per heavy atom. The van der Waals surface area contributed by atoms with Crippen molar-refractivity contribution in [2.75, 3.05) is 20.8 Å². The number of aliphatic hydroxyl groups is 2. The number of rotatable bonds is 9. The van der Waals surface area contributed by atoms with E-state index < -0.39 is 24.9 Å². The molecule has 0 saturated carbocycles. The fourth-order valence-electron chi connectivity index (χ4n) is 2.81. The first-order chi connectivity index (χ1) is 12.1. The summed E-state index contributed by atoms with van der Waals surface area (Å²) in [5, 5.41) is 20.5. The van der Waals surface area contributed by atoms with Gasteiger partial charge >= 0.3 is 0 Å². The van der Waals surface area contributed by atoms with Crippen LogP contribution in [0.3, 0.4) is 0 Å². The number of carbonyl (C=O) groups is 1. The van der Waals surface area contributed by atoms with Crippen LogP contribution in [0.5, 0.6) is 0 Å². The summed E-state index contributed by atoms with van der Waals surface area (Å²) in [6.07, 6.45) is -1.15. The Kier molecular flexibility index (Phi) is 7.28. The van der Waals surface area contributed by atoms with Gasteiger partial charge in [0.2, 0.25) is 0 Å². The van der Waals surface area contributed by atoms with Crippen LogP contribution in [0.1, 0.15) is 27.6 Å². The predicted octanol–water partition coefficient (Wildman–Crippen LogP) is 2.37. The molecule has 0 aliphatic heterocycles. The van der Waals surface area contributed by atoms with Crippen molar-refractivity contribution in [3.05, 3.63) is 71.3 Å². The molecule has 0 fully saturated rings. The van der Waals surface area contributed by atoms with E-state index in [1.54, 1.807) is 50.6 Å². The van der Waals surface area contributed by atoms with Gasteiger partial charge in [-0.15, -0.1) is 0 Å². The van der Waals surface area contributed by atoms with E-state index in [1.165, 1.54) is 0 Å². The lowest BCUT2D eigenvalue weighted by Gasteiger charge is -2.24. The van der Waals surface area contributed by atoms with Gasteiger partial charge in [-0.1, -0.05) is 54.6 Å². The zero-order chi connectivity index (χ0) is 18.2. The molecule has 134 valence electrons. The number of Topliss-reactive ketones (excluding diaryl/α,β-unsaturated/α-hetero) is 1. The molecule has 0 saturated heterocycles. The van der Waals surface area contributed by atoms with Crippen molar-refractivity contribution in [2.24, 2.45) is 5.92 Å². The first kappa shape index (κ1) is 19.3. The fourth-order valence-corrected chi connectivity index (χ4v) is 2.81. The third-order valence-electron chi connectivity index (χ3n) is 4.26. The van der Waals surface area contributed by atoms with Crippen LogP contribution in [0, 0.1) is 5.92 Å². The molecule has 0 aliphatic carbocycles. The molecule has 2 aromatic carbocycles. The summed E-state index contributed by atoms with van der Waals surface area (Å²) in [5.41, 5.74) is 1.86. The van der Waals surface area contributed by atoms with Gasteiger partial charge in [0.05, 0.1) is 18.6 Å². The van der Waals surface area contributed by atoms with Gasteiger partial charge < -0.3 is 19.7 Å². The van der Waals surface area contributed by atoms with Gasteiger partial charge in [0, 0.05) is 26.2 Å². The molecular weight excluding hydrogens is 320 g/mol. The van der Waals surface area contributed by atoms with Crippen LogP contribution >= 0.6 is 0 Å². The smallest absolute Gasteiger partial charge is 0.171 e. The van der Waals surface area contributed by atoms with Crippen LogP contribution in [-0.4, -0.2) is 43.1 Å². The minimum absolute atomic E-state index is 0.291. The van der Waals surface area contributed by atoms with Crippen LogP contribution < -0.4 is 0 Å². The van der Waals surface area contributed by atoms with Crippen molar-refractivity contribution in [2.45, 2.75) is 18.8 Å². The maximum atomic E-state index is 12.7. The van der Waals surface area contributed by atoms with E-state index >= 15 is 0 Å². The number of ketones is 1.